The van der Waals surface area contributed by atoms with Crippen molar-refractivity contribution in [1.29, 1.82) is 0 Å². The number of aromatic nitrogens is 1. The Kier molecular flexibility index (Phi) is 4.40. The summed E-state index contributed by atoms with van der Waals surface area (Å²) < 4.78 is 37.2. The monoisotopic (exact) mass is 309 g/mol. The fourth-order valence-corrected chi connectivity index (χ4v) is 1.54. The summed E-state index contributed by atoms with van der Waals surface area (Å²) in [6.07, 6.45) is -3.03. The molecule has 0 bridgehead atoms. The number of nitrogens with zero attached hydrogens (tertiary/aromatic N) is 1. The predicted molar refractivity (Wildman–Crippen MR) is 72.9 cm³/mol. The van der Waals surface area contributed by atoms with Crippen LogP contribution in [0.15, 0.2) is 48.7 Å². The number of rotatable bonds is 2. The molecule has 2 N–H and O–H groups in total. The van der Waals surface area contributed by atoms with Crippen molar-refractivity contribution in [2.75, 3.05) is 10.6 Å². The van der Waals surface area contributed by atoms with Gasteiger partial charge in [-0.1, -0.05) is 6.07 Å². The normalized spacial score (nSPS) is 10.9. The molecule has 0 unspecified atom stereocenters. The van der Waals surface area contributed by atoms with Crippen molar-refractivity contribution in [2.45, 2.75) is 6.18 Å². The summed E-state index contributed by atoms with van der Waals surface area (Å²) in [6, 6.07) is 8.50. The number of carbonyl (C=O) groups is 2. The molecule has 2 amide bonds. The molecule has 1 heterocycles. The Balaban J connectivity index is 1.98. The number of amides is 2. The number of benzene rings is 1. The topological polar surface area (TPSA) is 71.1 Å². The number of anilines is 2. The lowest BCUT2D eigenvalue weighted by Crippen LogP contribution is -2.29. The third kappa shape index (κ3) is 4.05. The molecule has 22 heavy (non-hydrogen) atoms. The lowest BCUT2D eigenvalue weighted by molar-refractivity contribution is -0.137. The van der Waals surface area contributed by atoms with Gasteiger partial charge in [0.25, 0.3) is 0 Å². The Morgan fingerprint density at radius 2 is 1.55 bits per heavy atom. The second-order valence-electron chi connectivity index (χ2n) is 4.20. The van der Waals surface area contributed by atoms with Crippen molar-refractivity contribution in [3.63, 3.8) is 0 Å². The van der Waals surface area contributed by atoms with Crippen molar-refractivity contribution in [3.8, 4) is 0 Å². The second-order valence-corrected chi connectivity index (χ2v) is 4.20. The van der Waals surface area contributed by atoms with E-state index >= 15 is 0 Å². The maximum absolute atomic E-state index is 12.4. The van der Waals surface area contributed by atoms with E-state index in [2.05, 4.69) is 15.6 Å². The van der Waals surface area contributed by atoms with Crippen LogP contribution in [0.2, 0.25) is 0 Å². The molecule has 0 aliphatic rings. The SMILES string of the molecule is O=C(Nc1ccc(C(F)(F)F)cc1)C(=O)Nc1ccccn1. The maximum Gasteiger partial charge on any atom is 0.416 e. The molecule has 0 fully saturated rings. The minimum absolute atomic E-state index is 0.0779. The molecule has 0 spiro atoms. The number of hydrogen-bond donors (Lipinski definition) is 2. The Labute approximate surface area is 123 Å². The number of carbonyl (C=O) groups excluding carboxylic acids is 2. The van der Waals surface area contributed by atoms with Crippen molar-refractivity contribution in [3.05, 3.63) is 54.2 Å². The molecule has 0 atom stereocenters. The van der Waals surface area contributed by atoms with Gasteiger partial charge in [-0.15, -0.1) is 0 Å². The van der Waals surface area contributed by atoms with Crippen LogP contribution >= 0.6 is 0 Å². The first-order valence-electron chi connectivity index (χ1n) is 6.07. The Morgan fingerprint density at radius 1 is 0.909 bits per heavy atom. The molecule has 8 heteroatoms. The van der Waals surface area contributed by atoms with Gasteiger partial charge in [-0.25, -0.2) is 4.98 Å². The number of pyridine rings is 1. The summed E-state index contributed by atoms with van der Waals surface area (Å²) in [7, 11) is 0. The fraction of sp³-hybridized carbons (Fsp3) is 0.0714. The summed E-state index contributed by atoms with van der Waals surface area (Å²) in [5, 5.41) is 4.45. The standard InChI is InChI=1S/C14H10F3N3O2/c15-14(16,17)9-4-6-10(7-5-9)19-12(21)13(22)20-11-3-1-2-8-18-11/h1-8H,(H,19,21)(H,18,20,22). The van der Waals surface area contributed by atoms with Gasteiger partial charge in [0.1, 0.15) is 5.82 Å². The van der Waals surface area contributed by atoms with Gasteiger partial charge < -0.3 is 10.6 Å². The van der Waals surface area contributed by atoms with Crippen LogP contribution in [0.25, 0.3) is 0 Å². The van der Waals surface area contributed by atoms with Gasteiger partial charge in [-0.2, -0.15) is 13.2 Å². The highest BCUT2D eigenvalue weighted by atomic mass is 19.4. The molecule has 1 aromatic carbocycles. The Bertz CT molecular complexity index is 670. The van der Waals surface area contributed by atoms with Crippen LogP contribution in [0.1, 0.15) is 5.56 Å². The smallest absolute Gasteiger partial charge is 0.318 e. The predicted octanol–water partition coefficient (Wildman–Crippen LogP) is 2.68. The zero-order valence-corrected chi connectivity index (χ0v) is 11.0. The number of hydrogen-bond acceptors (Lipinski definition) is 3. The molecule has 1 aromatic heterocycles. The molecule has 0 saturated heterocycles. The highest BCUT2D eigenvalue weighted by Gasteiger charge is 2.30. The molecular formula is C14H10F3N3O2. The van der Waals surface area contributed by atoms with Crippen LogP contribution in [-0.2, 0) is 15.8 Å². The van der Waals surface area contributed by atoms with Crippen molar-refractivity contribution < 1.29 is 22.8 Å². The van der Waals surface area contributed by atoms with E-state index in [0.717, 1.165) is 24.3 Å². The van der Waals surface area contributed by atoms with Crippen LogP contribution in [0.3, 0.4) is 0 Å². The molecule has 0 saturated carbocycles. The Morgan fingerprint density at radius 3 is 2.09 bits per heavy atom. The lowest BCUT2D eigenvalue weighted by Gasteiger charge is -2.08. The lowest BCUT2D eigenvalue weighted by atomic mass is 10.2. The van der Waals surface area contributed by atoms with E-state index < -0.39 is 23.6 Å². The first-order valence-corrected chi connectivity index (χ1v) is 6.07. The summed E-state index contributed by atoms with van der Waals surface area (Å²) in [5.41, 5.74) is -0.766. The van der Waals surface area contributed by atoms with Gasteiger partial charge in [0.05, 0.1) is 5.56 Å². The zero-order chi connectivity index (χ0) is 16.2. The number of halogens is 3. The highest BCUT2D eigenvalue weighted by molar-refractivity contribution is 6.43. The number of nitrogens with one attached hydrogen (secondary N) is 2. The van der Waals surface area contributed by atoms with Crippen molar-refractivity contribution >= 4 is 23.3 Å². The zero-order valence-electron chi connectivity index (χ0n) is 11.0. The van der Waals surface area contributed by atoms with Crippen LogP contribution in [0.5, 0.6) is 0 Å². The van der Waals surface area contributed by atoms with Gasteiger partial charge in [-0.05, 0) is 36.4 Å². The highest BCUT2D eigenvalue weighted by Crippen LogP contribution is 2.29. The third-order valence-corrected chi connectivity index (χ3v) is 2.58. The van der Waals surface area contributed by atoms with Gasteiger partial charge in [0, 0.05) is 11.9 Å². The molecular weight excluding hydrogens is 299 g/mol. The molecule has 0 aliphatic heterocycles. The van der Waals surface area contributed by atoms with Crippen LogP contribution in [0.4, 0.5) is 24.7 Å². The second kappa shape index (κ2) is 6.25. The van der Waals surface area contributed by atoms with E-state index in [-0.39, 0.29) is 11.5 Å². The van der Waals surface area contributed by atoms with Gasteiger partial charge >= 0.3 is 18.0 Å². The quantitative estimate of drug-likeness (QED) is 0.838. The average molecular weight is 309 g/mol. The van der Waals surface area contributed by atoms with E-state index in [1.165, 1.54) is 12.3 Å². The fourth-order valence-electron chi connectivity index (χ4n) is 1.54. The van der Waals surface area contributed by atoms with Crippen LogP contribution in [0, 0.1) is 0 Å². The van der Waals surface area contributed by atoms with E-state index in [4.69, 9.17) is 0 Å². The summed E-state index contributed by atoms with van der Waals surface area (Å²) in [6.45, 7) is 0. The molecule has 0 radical (unpaired) electrons. The van der Waals surface area contributed by atoms with E-state index in [1.807, 2.05) is 0 Å². The maximum atomic E-state index is 12.4. The van der Waals surface area contributed by atoms with Gasteiger partial charge in [-0.3, -0.25) is 9.59 Å². The summed E-state index contributed by atoms with van der Waals surface area (Å²) in [4.78, 5) is 27.0. The molecule has 5 nitrogen and oxygen atoms in total. The molecule has 2 rings (SSSR count). The van der Waals surface area contributed by atoms with E-state index in [9.17, 15) is 22.8 Å². The number of alkyl halides is 3. The third-order valence-electron chi connectivity index (χ3n) is 2.58. The van der Waals surface area contributed by atoms with Gasteiger partial charge in [0.2, 0.25) is 0 Å². The van der Waals surface area contributed by atoms with Crippen LogP contribution in [-0.4, -0.2) is 16.8 Å². The summed E-state index contributed by atoms with van der Waals surface area (Å²) in [5.74, 6) is -1.79. The van der Waals surface area contributed by atoms with Gasteiger partial charge in [0.15, 0.2) is 0 Å². The Hall–Kier alpha value is -2.90. The molecule has 2 aromatic rings. The van der Waals surface area contributed by atoms with Crippen molar-refractivity contribution in [2.24, 2.45) is 0 Å². The van der Waals surface area contributed by atoms with Crippen molar-refractivity contribution in [1.82, 2.24) is 4.98 Å². The minimum atomic E-state index is -4.46. The van der Waals surface area contributed by atoms with Crippen LogP contribution < -0.4 is 10.6 Å². The molecule has 114 valence electrons. The largest absolute Gasteiger partial charge is 0.416 e. The van der Waals surface area contributed by atoms with E-state index in [1.54, 1.807) is 12.1 Å². The minimum Gasteiger partial charge on any atom is -0.318 e. The first kappa shape index (κ1) is 15.5. The molecule has 0 aliphatic carbocycles. The summed E-state index contributed by atoms with van der Waals surface area (Å²) >= 11 is 0. The van der Waals surface area contributed by atoms with E-state index in [0.29, 0.717) is 0 Å². The average Bonchev–Trinajstić information content (AvgIpc) is 2.48. The first-order chi connectivity index (χ1) is 10.4.